The van der Waals surface area contributed by atoms with Crippen molar-refractivity contribution in [3.8, 4) is 16.8 Å². The highest BCUT2D eigenvalue weighted by atomic mass is 15.2. The first-order valence-electron chi connectivity index (χ1n) is 14.2. The molecule has 0 bridgehead atoms. The second-order valence-corrected chi connectivity index (χ2v) is 12.3. The van der Waals surface area contributed by atoms with Crippen LogP contribution in [-0.2, 0) is 10.8 Å². The molecule has 5 aromatic carbocycles. The lowest BCUT2D eigenvalue weighted by molar-refractivity contribution is 0.627. The fourth-order valence-electron chi connectivity index (χ4n) is 7.24. The van der Waals surface area contributed by atoms with Crippen molar-refractivity contribution in [2.75, 3.05) is 4.90 Å². The lowest BCUT2D eigenvalue weighted by Crippen LogP contribution is -2.31. The van der Waals surface area contributed by atoms with Crippen LogP contribution in [0.25, 0.3) is 27.7 Å². The molecule has 2 heterocycles. The molecule has 0 fully saturated rings. The molecule has 8 rings (SSSR count). The number of hydrogen-bond acceptors (Lipinski definition) is 1. The Morgan fingerprint density at radius 3 is 2.00 bits per heavy atom. The van der Waals surface area contributed by atoms with E-state index in [1.165, 1.54) is 67.0 Å². The highest BCUT2D eigenvalue weighted by Gasteiger charge is 2.42. The molecule has 6 aromatic rings. The smallest absolute Gasteiger partial charge is 0.0549 e. The van der Waals surface area contributed by atoms with Crippen molar-refractivity contribution in [1.29, 1.82) is 0 Å². The number of hydrogen-bond donors (Lipinski definition) is 0. The summed E-state index contributed by atoms with van der Waals surface area (Å²) in [6, 6.07) is 42.6. The normalized spacial score (nSPS) is 15.8. The predicted octanol–water partition coefficient (Wildman–Crippen LogP) is 10.0. The molecule has 2 nitrogen and oxygen atoms in total. The molecule has 40 heavy (non-hydrogen) atoms. The number of benzene rings is 5. The number of fused-ring (bicyclic) bond motifs is 6. The van der Waals surface area contributed by atoms with Crippen molar-refractivity contribution in [1.82, 2.24) is 4.57 Å². The lowest BCUT2D eigenvalue weighted by Gasteiger charge is -2.43. The van der Waals surface area contributed by atoms with Crippen molar-refractivity contribution in [3.05, 3.63) is 144 Å². The molecule has 0 saturated heterocycles. The Balaban J connectivity index is 1.41. The minimum absolute atomic E-state index is 0.0559. The monoisotopic (exact) mass is 516 g/mol. The summed E-state index contributed by atoms with van der Waals surface area (Å²) < 4.78 is 2.29. The largest absolute Gasteiger partial charge is 0.316 e. The Morgan fingerprint density at radius 1 is 0.475 bits per heavy atom. The third kappa shape index (κ3) is 3.05. The van der Waals surface area contributed by atoms with E-state index in [2.05, 4.69) is 159 Å². The first-order valence-corrected chi connectivity index (χ1v) is 14.2. The molecule has 0 atom stereocenters. The molecular formula is C38H32N2. The summed E-state index contributed by atoms with van der Waals surface area (Å²) >= 11 is 0. The van der Waals surface area contributed by atoms with Crippen LogP contribution in [0.1, 0.15) is 49.9 Å². The van der Waals surface area contributed by atoms with Gasteiger partial charge >= 0.3 is 0 Å². The molecule has 1 aliphatic heterocycles. The molecule has 1 aliphatic carbocycles. The van der Waals surface area contributed by atoms with E-state index < -0.39 is 0 Å². The van der Waals surface area contributed by atoms with E-state index >= 15 is 0 Å². The maximum atomic E-state index is 2.50. The maximum Gasteiger partial charge on any atom is 0.0549 e. The third-order valence-corrected chi connectivity index (χ3v) is 9.40. The summed E-state index contributed by atoms with van der Waals surface area (Å²) in [6.07, 6.45) is 2.18. The van der Waals surface area contributed by atoms with E-state index in [1.54, 1.807) is 0 Å². The van der Waals surface area contributed by atoms with E-state index in [9.17, 15) is 0 Å². The number of anilines is 3. The van der Waals surface area contributed by atoms with Gasteiger partial charge in [-0.15, -0.1) is 0 Å². The van der Waals surface area contributed by atoms with Crippen LogP contribution in [0, 0.1) is 0 Å². The molecular weight excluding hydrogens is 484 g/mol. The average molecular weight is 517 g/mol. The van der Waals surface area contributed by atoms with E-state index in [4.69, 9.17) is 0 Å². The van der Waals surface area contributed by atoms with Crippen LogP contribution < -0.4 is 4.90 Å². The zero-order chi connectivity index (χ0) is 27.2. The van der Waals surface area contributed by atoms with Crippen molar-refractivity contribution in [2.24, 2.45) is 0 Å². The van der Waals surface area contributed by atoms with Gasteiger partial charge in [-0.05, 0) is 81.9 Å². The number of para-hydroxylation sites is 2. The molecule has 0 radical (unpaired) electrons. The maximum absolute atomic E-state index is 2.50. The number of rotatable bonds is 2. The van der Waals surface area contributed by atoms with Gasteiger partial charge in [0, 0.05) is 33.8 Å². The summed E-state index contributed by atoms with van der Waals surface area (Å²) in [7, 11) is 0. The highest BCUT2D eigenvalue weighted by Crippen LogP contribution is 2.57. The average Bonchev–Trinajstić information content (AvgIpc) is 3.49. The molecule has 0 amide bonds. The van der Waals surface area contributed by atoms with E-state index in [0.29, 0.717) is 0 Å². The van der Waals surface area contributed by atoms with Gasteiger partial charge in [0.1, 0.15) is 0 Å². The first-order chi connectivity index (χ1) is 19.4. The van der Waals surface area contributed by atoms with Gasteiger partial charge in [0.15, 0.2) is 0 Å². The Kier molecular flexibility index (Phi) is 4.66. The first kappa shape index (κ1) is 23.3. The van der Waals surface area contributed by atoms with Gasteiger partial charge in [-0.1, -0.05) is 94.4 Å². The standard InChI is InChI=1S/C38H32N2/c1-37(2)30-15-9-8-14-28(30)29-23-33-36(24-32(29)37)40(34-17-11-10-16-31(34)38(33,3)4)27-19-18-25-20-21-39(35(25)22-27)26-12-6-5-7-13-26/h5-24H,1-4H3. The summed E-state index contributed by atoms with van der Waals surface area (Å²) in [5, 5.41) is 1.24. The summed E-state index contributed by atoms with van der Waals surface area (Å²) in [4.78, 5) is 2.50. The van der Waals surface area contributed by atoms with E-state index in [1.807, 2.05) is 0 Å². The van der Waals surface area contributed by atoms with Crippen LogP contribution in [0.3, 0.4) is 0 Å². The zero-order valence-electron chi connectivity index (χ0n) is 23.4. The van der Waals surface area contributed by atoms with Crippen LogP contribution in [0.5, 0.6) is 0 Å². The Hall–Kier alpha value is -4.56. The fraction of sp³-hybridized carbons (Fsp3) is 0.158. The van der Waals surface area contributed by atoms with Gasteiger partial charge in [-0.25, -0.2) is 0 Å². The molecule has 1 aromatic heterocycles. The van der Waals surface area contributed by atoms with Gasteiger partial charge < -0.3 is 9.47 Å². The number of nitrogens with zero attached hydrogens (tertiary/aromatic N) is 2. The van der Waals surface area contributed by atoms with Gasteiger partial charge in [0.05, 0.1) is 16.9 Å². The molecule has 0 N–H and O–H groups in total. The summed E-state index contributed by atoms with van der Waals surface area (Å²) in [5.74, 6) is 0. The topological polar surface area (TPSA) is 8.17 Å². The van der Waals surface area contributed by atoms with Gasteiger partial charge in [-0.3, -0.25) is 0 Å². The molecule has 0 unspecified atom stereocenters. The van der Waals surface area contributed by atoms with Gasteiger partial charge in [-0.2, -0.15) is 0 Å². The van der Waals surface area contributed by atoms with Crippen molar-refractivity contribution >= 4 is 28.0 Å². The van der Waals surface area contributed by atoms with Crippen molar-refractivity contribution < 1.29 is 0 Å². The molecule has 2 aliphatic rings. The predicted molar refractivity (Wildman–Crippen MR) is 168 cm³/mol. The van der Waals surface area contributed by atoms with Crippen LogP contribution in [0.4, 0.5) is 17.1 Å². The molecule has 2 heteroatoms. The van der Waals surface area contributed by atoms with E-state index in [-0.39, 0.29) is 10.8 Å². The Morgan fingerprint density at radius 2 is 1.18 bits per heavy atom. The highest BCUT2D eigenvalue weighted by molar-refractivity contribution is 5.94. The van der Waals surface area contributed by atoms with Crippen molar-refractivity contribution in [3.63, 3.8) is 0 Å². The molecule has 0 spiro atoms. The third-order valence-electron chi connectivity index (χ3n) is 9.40. The van der Waals surface area contributed by atoms with Crippen LogP contribution in [0.2, 0.25) is 0 Å². The zero-order valence-corrected chi connectivity index (χ0v) is 23.4. The minimum Gasteiger partial charge on any atom is -0.316 e. The molecule has 194 valence electrons. The second-order valence-electron chi connectivity index (χ2n) is 12.3. The van der Waals surface area contributed by atoms with Crippen LogP contribution in [0.15, 0.2) is 121 Å². The summed E-state index contributed by atoms with van der Waals surface area (Å²) in [6.45, 7) is 9.50. The summed E-state index contributed by atoms with van der Waals surface area (Å²) in [5.41, 5.74) is 14.2. The number of aromatic nitrogens is 1. The second kappa shape index (κ2) is 7.99. The van der Waals surface area contributed by atoms with Crippen LogP contribution in [-0.4, -0.2) is 4.57 Å². The lowest BCUT2D eigenvalue weighted by atomic mass is 9.72. The van der Waals surface area contributed by atoms with Gasteiger partial charge in [0.25, 0.3) is 0 Å². The quantitative estimate of drug-likeness (QED) is 0.222. The minimum atomic E-state index is -0.131. The molecule has 0 saturated carbocycles. The SMILES string of the molecule is CC1(C)c2ccccc2-c2cc3c(cc21)N(c1ccc2ccn(-c4ccccc4)c2c1)c1ccccc1C3(C)C. The van der Waals surface area contributed by atoms with Gasteiger partial charge in [0.2, 0.25) is 0 Å². The Labute approximate surface area is 236 Å². The Bertz CT molecular complexity index is 1960. The van der Waals surface area contributed by atoms with Crippen molar-refractivity contribution in [2.45, 2.75) is 38.5 Å². The van der Waals surface area contributed by atoms with Crippen LogP contribution >= 0.6 is 0 Å². The van der Waals surface area contributed by atoms with E-state index in [0.717, 1.165) is 0 Å². The fourth-order valence-corrected chi connectivity index (χ4v) is 7.24.